The van der Waals surface area contributed by atoms with Crippen molar-refractivity contribution in [2.24, 2.45) is 0 Å². The summed E-state index contributed by atoms with van der Waals surface area (Å²) in [5, 5.41) is 8.49. The maximum absolute atomic E-state index is 10.3. The quantitative estimate of drug-likeness (QED) is 0.850. The molecule has 0 aliphatic rings. The Kier molecular flexibility index (Phi) is 3.81. The highest BCUT2D eigenvalue weighted by Gasteiger charge is 2.02. The molecule has 70 valence electrons. The van der Waals surface area contributed by atoms with Gasteiger partial charge in [0.15, 0.2) is 0 Å². The first-order valence-electron chi connectivity index (χ1n) is 3.70. The summed E-state index contributed by atoms with van der Waals surface area (Å²) in [6.07, 6.45) is 0. The molecule has 0 radical (unpaired) electrons. The van der Waals surface area contributed by atoms with Crippen LogP contribution in [0.15, 0.2) is 27.6 Å². The van der Waals surface area contributed by atoms with Crippen molar-refractivity contribution in [3.05, 3.63) is 28.2 Å². The van der Waals surface area contributed by atoms with Crippen molar-refractivity contribution in [1.82, 2.24) is 0 Å². The van der Waals surface area contributed by atoms with E-state index in [0.717, 1.165) is 14.9 Å². The Morgan fingerprint density at radius 1 is 1.62 bits per heavy atom. The molecule has 0 unspecified atom stereocenters. The van der Waals surface area contributed by atoms with Crippen LogP contribution in [0.5, 0.6) is 0 Å². The Balaban J connectivity index is 2.72. The summed E-state index contributed by atoms with van der Waals surface area (Å²) >= 11 is 4.69. The molecule has 0 fully saturated rings. The first-order chi connectivity index (χ1) is 6.09. The second-order valence-corrected chi connectivity index (χ2v) is 4.53. The van der Waals surface area contributed by atoms with Gasteiger partial charge in [0.1, 0.15) is 0 Å². The molecule has 13 heavy (non-hydrogen) atoms. The van der Waals surface area contributed by atoms with Crippen molar-refractivity contribution >= 4 is 33.7 Å². The molecule has 2 nitrogen and oxygen atoms in total. The van der Waals surface area contributed by atoms with Crippen LogP contribution in [-0.4, -0.2) is 16.8 Å². The standard InChI is InChI=1S/C9H9BrO2S/c1-6-4-7(10)2-3-8(6)13-5-9(11)12/h2-4H,5H2,1H3,(H,11,12). The first kappa shape index (κ1) is 10.6. The number of thioether (sulfide) groups is 1. The van der Waals surface area contributed by atoms with E-state index in [1.807, 2.05) is 25.1 Å². The third-order valence-corrected chi connectivity index (χ3v) is 3.14. The molecule has 0 saturated heterocycles. The van der Waals surface area contributed by atoms with Crippen molar-refractivity contribution < 1.29 is 9.90 Å². The number of halogens is 1. The van der Waals surface area contributed by atoms with Crippen LogP contribution < -0.4 is 0 Å². The summed E-state index contributed by atoms with van der Waals surface area (Å²) in [7, 11) is 0. The third-order valence-electron chi connectivity index (χ3n) is 1.49. The highest BCUT2D eigenvalue weighted by atomic mass is 79.9. The van der Waals surface area contributed by atoms with E-state index in [9.17, 15) is 4.79 Å². The van der Waals surface area contributed by atoms with E-state index in [4.69, 9.17) is 5.11 Å². The monoisotopic (exact) mass is 260 g/mol. The van der Waals surface area contributed by atoms with Gasteiger partial charge in [-0.1, -0.05) is 15.9 Å². The van der Waals surface area contributed by atoms with Crippen LogP contribution in [0.1, 0.15) is 5.56 Å². The van der Waals surface area contributed by atoms with Gasteiger partial charge in [0.05, 0.1) is 5.75 Å². The first-order valence-corrected chi connectivity index (χ1v) is 5.48. The van der Waals surface area contributed by atoms with E-state index < -0.39 is 5.97 Å². The molecule has 1 rings (SSSR count). The minimum Gasteiger partial charge on any atom is -0.481 e. The second kappa shape index (κ2) is 4.67. The number of benzene rings is 1. The molecule has 0 aliphatic heterocycles. The lowest BCUT2D eigenvalue weighted by Gasteiger charge is -2.03. The second-order valence-electron chi connectivity index (χ2n) is 2.59. The smallest absolute Gasteiger partial charge is 0.313 e. The molecule has 1 aromatic carbocycles. The van der Waals surface area contributed by atoms with Gasteiger partial charge < -0.3 is 5.11 Å². The molecule has 0 bridgehead atoms. The zero-order valence-electron chi connectivity index (χ0n) is 7.08. The van der Waals surface area contributed by atoms with Gasteiger partial charge in [0.25, 0.3) is 0 Å². The minimum absolute atomic E-state index is 0.114. The van der Waals surface area contributed by atoms with E-state index >= 15 is 0 Å². The Morgan fingerprint density at radius 3 is 2.85 bits per heavy atom. The van der Waals surface area contributed by atoms with Crippen molar-refractivity contribution in [3.8, 4) is 0 Å². The van der Waals surface area contributed by atoms with E-state index in [1.54, 1.807) is 0 Å². The van der Waals surface area contributed by atoms with Crippen LogP contribution in [0, 0.1) is 6.92 Å². The lowest BCUT2D eigenvalue weighted by molar-refractivity contribution is -0.133. The van der Waals surface area contributed by atoms with Crippen molar-refractivity contribution in [2.45, 2.75) is 11.8 Å². The number of hydrogen-bond donors (Lipinski definition) is 1. The van der Waals surface area contributed by atoms with E-state index in [2.05, 4.69) is 15.9 Å². The van der Waals surface area contributed by atoms with Crippen LogP contribution in [-0.2, 0) is 4.79 Å². The molecule has 1 N–H and O–H groups in total. The van der Waals surface area contributed by atoms with Gasteiger partial charge in [-0.05, 0) is 30.7 Å². The molecular formula is C9H9BrO2S. The molecule has 1 aromatic rings. The summed E-state index contributed by atoms with van der Waals surface area (Å²) < 4.78 is 1.02. The predicted octanol–water partition coefficient (Wildman–Crippen LogP) is 2.93. The largest absolute Gasteiger partial charge is 0.481 e. The van der Waals surface area contributed by atoms with Crippen LogP contribution in [0.3, 0.4) is 0 Å². The normalized spacial score (nSPS) is 10.0. The average molecular weight is 261 g/mol. The minimum atomic E-state index is -0.785. The van der Waals surface area contributed by atoms with Gasteiger partial charge in [0.2, 0.25) is 0 Å². The van der Waals surface area contributed by atoms with E-state index in [1.165, 1.54) is 11.8 Å². The van der Waals surface area contributed by atoms with Gasteiger partial charge in [0, 0.05) is 9.37 Å². The van der Waals surface area contributed by atoms with Gasteiger partial charge >= 0.3 is 5.97 Å². The van der Waals surface area contributed by atoms with Crippen LogP contribution >= 0.6 is 27.7 Å². The summed E-state index contributed by atoms with van der Waals surface area (Å²) in [4.78, 5) is 11.3. The number of carboxylic acid groups (broad SMARTS) is 1. The van der Waals surface area contributed by atoms with Gasteiger partial charge in [-0.25, -0.2) is 0 Å². The Hall–Kier alpha value is -0.480. The Bertz CT molecular complexity index is 325. The van der Waals surface area contributed by atoms with Gasteiger partial charge in [-0.15, -0.1) is 11.8 Å². The van der Waals surface area contributed by atoms with Crippen molar-refractivity contribution in [1.29, 1.82) is 0 Å². The van der Waals surface area contributed by atoms with Crippen LogP contribution in [0.2, 0.25) is 0 Å². The van der Waals surface area contributed by atoms with Crippen LogP contribution in [0.25, 0.3) is 0 Å². The molecule has 0 saturated carbocycles. The van der Waals surface area contributed by atoms with Crippen LogP contribution in [0.4, 0.5) is 0 Å². The Labute approximate surface area is 89.5 Å². The molecule has 0 aliphatic carbocycles. The zero-order chi connectivity index (χ0) is 9.84. The summed E-state index contributed by atoms with van der Waals surface area (Å²) in [5.41, 5.74) is 1.10. The van der Waals surface area contributed by atoms with Gasteiger partial charge in [-0.2, -0.15) is 0 Å². The molecule has 0 atom stereocenters. The summed E-state index contributed by atoms with van der Waals surface area (Å²) in [6.45, 7) is 1.97. The number of hydrogen-bond acceptors (Lipinski definition) is 2. The fourth-order valence-corrected chi connectivity index (χ4v) is 2.12. The fraction of sp³-hybridized carbons (Fsp3) is 0.222. The summed E-state index contributed by atoms with van der Waals surface area (Å²) in [5.74, 6) is -0.671. The number of rotatable bonds is 3. The van der Waals surface area contributed by atoms with Crippen molar-refractivity contribution in [2.75, 3.05) is 5.75 Å². The Morgan fingerprint density at radius 2 is 2.31 bits per heavy atom. The fourth-order valence-electron chi connectivity index (χ4n) is 0.914. The predicted molar refractivity (Wildman–Crippen MR) is 57.2 cm³/mol. The highest BCUT2D eigenvalue weighted by molar-refractivity contribution is 9.10. The lowest BCUT2D eigenvalue weighted by atomic mass is 10.2. The number of carboxylic acids is 1. The number of aryl methyl sites for hydroxylation is 1. The van der Waals surface area contributed by atoms with Gasteiger partial charge in [-0.3, -0.25) is 4.79 Å². The molecule has 0 heterocycles. The average Bonchev–Trinajstić information content (AvgIpc) is 2.02. The maximum Gasteiger partial charge on any atom is 0.313 e. The summed E-state index contributed by atoms with van der Waals surface area (Å²) in [6, 6.07) is 5.81. The molecule has 0 aromatic heterocycles. The lowest BCUT2D eigenvalue weighted by Crippen LogP contribution is -1.97. The van der Waals surface area contributed by atoms with E-state index in [0.29, 0.717) is 0 Å². The molecule has 0 spiro atoms. The highest BCUT2D eigenvalue weighted by Crippen LogP contribution is 2.24. The third kappa shape index (κ3) is 3.40. The molecule has 4 heteroatoms. The van der Waals surface area contributed by atoms with E-state index in [-0.39, 0.29) is 5.75 Å². The molecular weight excluding hydrogens is 252 g/mol. The number of carbonyl (C=O) groups is 1. The maximum atomic E-state index is 10.3. The number of aliphatic carboxylic acids is 1. The molecule has 0 amide bonds. The topological polar surface area (TPSA) is 37.3 Å². The SMILES string of the molecule is Cc1cc(Br)ccc1SCC(=O)O. The zero-order valence-corrected chi connectivity index (χ0v) is 9.48. The van der Waals surface area contributed by atoms with Crippen molar-refractivity contribution in [3.63, 3.8) is 0 Å².